The molecular weight excluding hydrogens is 294 g/mol. The number of methoxy groups -OCH3 is 2. The van der Waals surface area contributed by atoms with E-state index in [9.17, 15) is 4.79 Å². The summed E-state index contributed by atoms with van der Waals surface area (Å²) in [6.07, 6.45) is 5.46. The molecule has 0 aliphatic heterocycles. The molecule has 7 heteroatoms. The number of ether oxygens (including phenoxy) is 2. The van der Waals surface area contributed by atoms with Crippen LogP contribution in [0.1, 0.15) is 35.4 Å². The van der Waals surface area contributed by atoms with Crippen molar-refractivity contribution in [2.75, 3.05) is 14.2 Å². The van der Waals surface area contributed by atoms with Gasteiger partial charge in [-0.1, -0.05) is 11.6 Å². The van der Waals surface area contributed by atoms with E-state index in [0.717, 1.165) is 25.1 Å². The first-order chi connectivity index (χ1) is 10.1. The average molecular weight is 310 g/mol. The fourth-order valence-corrected chi connectivity index (χ4v) is 2.91. The van der Waals surface area contributed by atoms with E-state index < -0.39 is 5.97 Å². The van der Waals surface area contributed by atoms with E-state index in [2.05, 4.69) is 10.2 Å². The number of aromatic nitrogens is 3. The van der Waals surface area contributed by atoms with E-state index in [4.69, 9.17) is 21.1 Å². The highest BCUT2D eigenvalue weighted by Gasteiger charge is 2.38. The van der Waals surface area contributed by atoms with Crippen LogP contribution in [0.4, 0.5) is 0 Å². The van der Waals surface area contributed by atoms with Crippen LogP contribution in [0.5, 0.6) is 0 Å². The van der Waals surface area contributed by atoms with Gasteiger partial charge in [0, 0.05) is 19.7 Å². The van der Waals surface area contributed by atoms with Crippen molar-refractivity contribution in [1.82, 2.24) is 14.6 Å². The number of hydrogen-bond acceptors (Lipinski definition) is 5. The Hall–Kier alpha value is -1.66. The molecule has 1 fully saturated rings. The van der Waals surface area contributed by atoms with Crippen molar-refractivity contribution < 1.29 is 14.3 Å². The lowest BCUT2D eigenvalue weighted by molar-refractivity contribution is -0.0722. The van der Waals surface area contributed by atoms with Gasteiger partial charge >= 0.3 is 5.97 Å². The number of nitrogens with zero attached hydrogens (tertiary/aromatic N) is 3. The molecule has 2 aromatic rings. The van der Waals surface area contributed by atoms with E-state index in [0.29, 0.717) is 22.7 Å². The van der Waals surface area contributed by atoms with Crippen LogP contribution in [0.3, 0.4) is 0 Å². The van der Waals surface area contributed by atoms with Crippen molar-refractivity contribution in [1.29, 1.82) is 0 Å². The lowest BCUT2D eigenvalue weighted by atomic mass is 9.77. The zero-order chi connectivity index (χ0) is 15.0. The van der Waals surface area contributed by atoms with Gasteiger partial charge in [0.05, 0.1) is 23.3 Å². The van der Waals surface area contributed by atoms with Gasteiger partial charge in [-0.05, 0) is 25.3 Å². The Morgan fingerprint density at radius 1 is 1.43 bits per heavy atom. The average Bonchev–Trinajstić information content (AvgIpc) is 2.85. The third-order valence-electron chi connectivity index (χ3n) is 4.13. The third-order valence-corrected chi connectivity index (χ3v) is 4.41. The molecule has 2 heterocycles. The van der Waals surface area contributed by atoms with Crippen molar-refractivity contribution in [3.63, 3.8) is 0 Å². The van der Waals surface area contributed by atoms with Crippen LogP contribution in [-0.4, -0.2) is 40.4 Å². The van der Waals surface area contributed by atoms with Gasteiger partial charge in [0.1, 0.15) is 5.82 Å². The van der Waals surface area contributed by atoms with Gasteiger partial charge in [0.15, 0.2) is 5.65 Å². The highest BCUT2D eigenvalue weighted by atomic mass is 35.5. The number of halogens is 1. The molecule has 0 bridgehead atoms. The van der Waals surface area contributed by atoms with Crippen LogP contribution < -0.4 is 0 Å². The molecule has 0 aromatic carbocycles. The van der Waals surface area contributed by atoms with Gasteiger partial charge in [-0.3, -0.25) is 4.40 Å². The molecule has 1 aliphatic rings. The van der Waals surface area contributed by atoms with Gasteiger partial charge in [-0.15, -0.1) is 10.2 Å². The van der Waals surface area contributed by atoms with Crippen molar-refractivity contribution in [2.45, 2.75) is 31.3 Å². The van der Waals surface area contributed by atoms with Crippen LogP contribution in [-0.2, 0) is 15.9 Å². The van der Waals surface area contributed by atoms with Crippen molar-refractivity contribution in [2.24, 2.45) is 0 Å². The Kier molecular flexibility index (Phi) is 3.59. The fourth-order valence-electron chi connectivity index (χ4n) is 2.66. The summed E-state index contributed by atoms with van der Waals surface area (Å²) >= 11 is 6.17. The van der Waals surface area contributed by atoms with E-state index in [-0.39, 0.29) is 5.60 Å². The molecule has 112 valence electrons. The van der Waals surface area contributed by atoms with Crippen LogP contribution in [0, 0.1) is 0 Å². The Bertz CT molecular complexity index is 689. The normalized spacial score (nSPS) is 16.7. The van der Waals surface area contributed by atoms with E-state index >= 15 is 0 Å². The summed E-state index contributed by atoms with van der Waals surface area (Å²) in [5.41, 5.74) is 0.734. The molecule has 21 heavy (non-hydrogen) atoms. The second-order valence-electron chi connectivity index (χ2n) is 5.30. The van der Waals surface area contributed by atoms with E-state index in [1.807, 2.05) is 0 Å². The van der Waals surface area contributed by atoms with Crippen LogP contribution in [0.25, 0.3) is 5.65 Å². The maximum atomic E-state index is 11.7. The lowest BCUT2D eigenvalue weighted by Crippen LogP contribution is -2.41. The van der Waals surface area contributed by atoms with Crippen molar-refractivity contribution in [3.8, 4) is 0 Å². The van der Waals surface area contributed by atoms with Gasteiger partial charge in [-0.25, -0.2) is 4.79 Å². The first kappa shape index (κ1) is 14.3. The number of esters is 1. The van der Waals surface area contributed by atoms with Crippen LogP contribution in [0.15, 0.2) is 12.3 Å². The molecule has 6 nitrogen and oxygen atoms in total. The molecule has 3 rings (SSSR count). The first-order valence-corrected chi connectivity index (χ1v) is 7.13. The Balaban J connectivity index is 2.03. The highest BCUT2D eigenvalue weighted by molar-refractivity contribution is 6.33. The summed E-state index contributed by atoms with van der Waals surface area (Å²) in [5, 5.41) is 8.66. The minimum atomic E-state index is -0.441. The summed E-state index contributed by atoms with van der Waals surface area (Å²) in [4.78, 5) is 11.7. The molecule has 0 saturated heterocycles. The molecule has 0 unspecified atom stereocenters. The topological polar surface area (TPSA) is 65.7 Å². The number of pyridine rings is 1. The van der Waals surface area contributed by atoms with E-state index in [1.165, 1.54) is 13.2 Å². The van der Waals surface area contributed by atoms with Gasteiger partial charge in [0.25, 0.3) is 0 Å². The summed E-state index contributed by atoms with van der Waals surface area (Å²) in [6.45, 7) is 0. The fraction of sp³-hybridized carbons (Fsp3) is 0.500. The molecule has 0 spiro atoms. The molecule has 1 saturated carbocycles. The van der Waals surface area contributed by atoms with Crippen molar-refractivity contribution in [3.05, 3.63) is 28.7 Å². The first-order valence-electron chi connectivity index (χ1n) is 6.75. The smallest absolute Gasteiger partial charge is 0.339 e. The second kappa shape index (κ2) is 5.27. The number of hydrogen-bond donors (Lipinski definition) is 0. The van der Waals surface area contributed by atoms with Gasteiger partial charge in [0.2, 0.25) is 0 Å². The maximum Gasteiger partial charge on any atom is 0.339 e. The minimum absolute atomic E-state index is 0.170. The number of carbonyl (C=O) groups is 1. The lowest BCUT2D eigenvalue weighted by Gasteiger charge is -2.39. The third kappa shape index (κ3) is 2.38. The summed E-state index contributed by atoms with van der Waals surface area (Å²) in [5.74, 6) is 0.294. The second-order valence-corrected chi connectivity index (χ2v) is 5.70. The standard InChI is InChI=1S/C14H16ClN3O3/c1-20-13(19)9-6-10(15)12-17-16-11(18(12)8-9)7-14(21-2)4-3-5-14/h6,8H,3-5,7H2,1-2H3. The number of fused-ring (bicyclic) bond motifs is 1. The Labute approximate surface area is 127 Å². The summed E-state index contributed by atoms with van der Waals surface area (Å²) in [6, 6.07) is 1.54. The number of rotatable bonds is 4. The maximum absolute atomic E-state index is 11.7. The zero-order valence-electron chi connectivity index (χ0n) is 11.9. The predicted molar refractivity (Wildman–Crippen MR) is 76.6 cm³/mol. The molecule has 0 N–H and O–H groups in total. The molecule has 0 radical (unpaired) electrons. The summed E-state index contributed by atoms with van der Waals surface area (Å²) < 4.78 is 12.1. The van der Waals surface area contributed by atoms with E-state index in [1.54, 1.807) is 17.7 Å². The molecule has 0 atom stereocenters. The summed E-state index contributed by atoms with van der Waals surface area (Å²) in [7, 11) is 3.05. The zero-order valence-corrected chi connectivity index (χ0v) is 12.7. The minimum Gasteiger partial charge on any atom is -0.465 e. The Morgan fingerprint density at radius 2 is 2.19 bits per heavy atom. The highest BCUT2D eigenvalue weighted by Crippen LogP contribution is 2.37. The molecule has 2 aromatic heterocycles. The SMILES string of the molecule is COC(=O)c1cc(Cl)c2nnc(CC3(OC)CCC3)n2c1. The van der Waals surface area contributed by atoms with Gasteiger partial charge < -0.3 is 9.47 Å². The monoisotopic (exact) mass is 309 g/mol. The quantitative estimate of drug-likeness (QED) is 0.811. The predicted octanol–water partition coefficient (Wildman–Crippen LogP) is 2.28. The molecule has 1 aliphatic carbocycles. The molecule has 0 amide bonds. The van der Waals surface area contributed by atoms with Crippen LogP contribution >= 0.6 is 11.6 Å². The Morgan fingerprint density at radius 3 is 2.76 bits per heavy atom. The number of carbonyl (C=O) groups excluding carboxylic acids is 1. The van der Waals surface area contributed by atoms with Crippen LogP contribution in [0.2, 0.25) is 5.02 Å². The molecular formula is C14H16ClN3O3. The largest absolute Gasteiger partial charge is 0.465 e. The van der Waals surface area contributed by atoms with Gasteiger partial charge in [-0.2, -0.15) is 0 Å². The van der Waals surface area contributed by atoms with Crippen molar-refractivity contribution >= 4 is 23.2 Å².